The highest BCUT2D eigenvalue weighted by molar-refractivity contribution is 7.99. The molecule has 5 aromatic rings. The first-order valence-electron chi connectivity index (χ1n) is 15.0. The second-order valence-electron chi connectivity index (χ2n) is 11.1. The molecule has 0 aromatic heterocycles. The minimum absolute atomic E-state index is 0.342. The molecule has 0 radical (unpaired) electrons. The minimum atomic E-state index is -0.980. The van der Waals surface area contributed by atoms with E-state index in [4.69, 9.17) is 9.84 Å². The van der Waals surface area contributed by atoms with E-state index in [2.05, 4.69) is 124 Å². The van der Waals surface area contributed by atoms with Gasteiger partial charge in [-0.1, -0.05) is 121 Å². The summed E-state index contributed by atoms with van der Waals surface area (Å²) in [5.74, 6) is 0.456. The zero-order valence-corrected chi connectivity index (χ0v) is 26.6. The average Bonchev–Trinajstić information content (AvgIpc) is 3.03. The van der Waals surface area contributed by atoms with Gasteiger partial charge in [0.25, 0.3) is 0 Å². The number of benzene rings is 5. The molecular weight excluding hydrogens is 561 g/mol. The molecule has 0 fully saturated rings. The lowest BCUT2D eigenvalue weighted by atomic mass is 9.90. The van der Waals surface area contributed by atoms with Gasteiger partial charge in [0.1, 0.15) is 5.75 Å². The van der Waals surface area contributed by atoms with E-state index in [1.54, 1.807) is 11.8 Å². The van der Waals surface area contributed by atoms with Gasteiger partial charge in [-0.15, -0.1) is 11.8 Å². The van der Waals surface area contributed by atoms with Crippen LogP contribution in [0.3, 0.4) is 0 Å². The normalized spacial score (nSPS) is 10.8. The molecule has 0 amide bonds. The molecule has 222 valence electrons. The summed E-state index contributed by atoms with van der Waals surface area (Å²) in [6.07, 6.45) is 0.917. The van der Waals surface area contributed by atoms with Gasteiger partial charge in [-0.3, -0.25) is 0 Å². The number of aliphatic carboxylic acids is 1. The maximum atomic E-state index is 10.9. The van der Waals surface area contributed by atoms with Crippen LogP contribution in [0.15, 0.2) is 126 Å². The smallest absolute Gasteiger partial charge is 0.341 e. The molecule has 0 aliphatic heterocycles. The molecule has 0 heterocycles. The molecule has 0 saturated carbocycles. The van der Waals surface area contributed by atoms with Crippen LogP contribution in [0, 0.1) is 20.8 Å². The second kappa shape index (κ2) is 14.3. The monoisotopic (exact) mass is 598 g/mol. The van der Waals surface area contributed by atoms with E-state index in [-0.39, 0.29) is 6.61 Å². The number of aryl methyl sites for hydroxylation is 3. The van der Waals surface area contributed by atoms with E-state index >= 15 is 0 Å². The van der Waals surface area contributed by atoms with Crippen molar-refractivity contribution in [2.24, 2.45) is 0 Å². The fourth-order valence-corrected chi connectivity index (χ4v) is 6.37. The number of ether oxygens (including phenoxy) is 1. The van der Waals surface area contributed by atoms with Crippen molar-refractivity contribution in [3.8, 4) is 28.0 Å². The number of carboxylic acid groups (broad SMARTS) is 1. The lowest BCUT2D eigenvalue weighted by Gasteiger charge is -2.17. The summed E-state index contributed by atoms with van der Waals surface area (Å²) in [5.41, 5.74) is 13.3. The summed E-state index contributed by atoms with van der Waals surface area (Å²) in [7, 11) is 0. The highest BCUT2D eigenvalue weighted by Crippen LogP contribution is 2.35. The van der Waals surface area contributed by atoms with Crippen molar-refractivity contribution >= 4 is 23.3 Å². The molecule has 0 aliphatic carbocycles. The van der Waals surface area contributed by atoms with E-state index in [9.17, 15) is 4.79 Å². The van der Waals surface area contributed by atoms with Crippen LogP contribution in [0.5, 0.6) is 5.75 Å². The summed E-state index contributed by atoms with van der Waals surface area (Å²) in [6.45, 7) is 8.06. The predicted octanol–water partition coefficient (Wildman–Crippen LogP) is 10.4. The molecule has 4 heteroatoms. The van der Waals surface area contributed by atoms with Gasteiger partial charge in [0.05, 0.1) is 0 Å². The van der Waals surface area contributed by atoms with E-state index in [0.717, 1.165) is 22.6 Å². The third-order valence-electron chi connectivity index (χ3n) is 7.81. The van der Waals surface area contributed by atoms with Crippen LogP contribution in [-0.2, 0) is 4.79 Å². The van der Waals surface area contributed by atoms with Crippen LogP contribution >= 0.6 is 11.8 Å². The summed E-state index contributed by atoms with van der Waals surface area (Å²) >= 11 is 1.79. The summed E-state index contributed by atoms with van der Waals surface area (Å²) in [6, 6.07) is 41.2. The topological polar surface area (TPSA) is 46.5 Å². The van der Waals surface area contributed by atoms with Crippen molar-refractivity contribution < 1.29 is 14.6 Å². The zero-order chi connectivity index (χ0) is 31.1. The van der Waals surface area contributed by atoms with Crippen molar-refractivity contribution in [1.82, 2.24) is 0 Å². The summed E-state index contributed by atoms with van der Waals surface area (Å²) < 4.78 is 5.43. The van der Waals surface area contributed by atoms with Crippen LogP contribution in [0.1, 0.15) is 41.2 Å². The van der Waals surface area contributed by atoms with Crippen LogP contribution in [0.4, 0.5) is 0 Å². The van der Waals surface area contributed by atoms with Gasteiger partial charge in [-0.2, -0.15) is 0 Å². The van der Waals surface area contributed by atoms with E-state index in [1.807, 2.05) is 19.1 Å². The van der Waals surface area contributed by atoms with Gasteiger partial charge in [-0.05, 0) is 89.9 Å². The highest BCUT2D eigenvalue weighted by atomic mass is 32.2. The van der Waals surface area contributed by atoms with Gasteiger partial charge in [0.15, 0.2) is 6.61 Å². The number of rotatable bonds is 11. The van der Waals surface area contributed by atoms with Crippen LogP contribution < -0.4 is 4.74 Å². The number of thioether (sulfide) groups is 1. The Morgan fingerprint density at radius 3 is 1.52 bits per heavy atom. The molecule has 5 rings (SSSR count). The SMILES string of the molecule is CCC(CSc1ccc(OCC(=O)O)c(C)c1)=C(c1ccc(-c2ccc(C)cc2)cc1)c1ccc(-c2ccc(C)cc2)cc1. The van der Waals surface area contributed by atoms with E-state index < -0.39 is 5.97 Å². The molecule has 0 saturated heterocycles. The molecule has 0 unspecified atom stereocenters. The Morgan fingerprint density at radius 1 is 0.659 bits per heavy atom. The third kappa shape index (κ3) is 7.69. The Balaban J connectivity index is 1.48. The van der Waals surface area contributed by atoms with Gasteiger partial charge >= 0.3 is 5.97 Å². The van der Waals surface area contributed by atoms with Crippen molar-refractivity contribution in [2.75, 3.05) is 12.4 Å². The van der Waals surface area contributed by atoms with Crippen molar-refractivity contribution in [1.29, 1.82) is 0 Å². The van der Waals surface area contributed by atoms with Crippen LogP contribution in [0.25, 0.3) is 27.8 Å². The molecule has 0 atom stereocenters. The fraction of sp³-hybridized carbons (Fsp3) is 0.175. The quantitative estimate of drug-likeness (QED) is 0.154. The maximum Gasteiger partial charge on any atom is 0.341 e. The highest BCUT2D eigenvalue weighted by Gasteiger charge is 2.14. The maximum absolute atomic E-state index is 10.9. The molecular formula is C40H38O3S. The second-order valence-corrected chi connectivity index (χ2v) is 12.2. The fourth-order valence-electron chi connectivity index (χ4n) is 5.26. The van der Waals surface area contributed by atoms with Gasteiger partial charge < -0.3 is 9.84 Å². The van der Waals surface area contributed by atoms with Crippen molar-refractivity contribution in [2.45, 2.75) is 39.0 Å². The Labute approximate surface area is 265 Å². The van der Waals surface area contributed by atoms with Gasteiger partial charge in [0, 0.05) is 10.6 Å². The van der Waals surface area contributed by atoms with Crippen LogP contribution in [-0.4, -0.2) is 23.4 Å². The Morgan fingerprint density at radius 2 is 1.11 bits per heavy atom. The molecule has 3 nitrogen and oxygen atoms in total. The van der Waals surface area contributed by atoms with Crippen LogP contribution in [0.2, 0.25) is 0 Å². The van der Waals surface area contributed by atoms with Crippen molar-refractivity contribution in [3.63, 3.8) is 0 Å². The largest absolute Gasteiger partial charge is 0.482 e. The Bertz CT molecular complexity index is 1660. The van der Waals surface area contributed by atoms with E-state index in [0.29, 0.717) is 5.75 Å². The third-order valence-corrected chi connectivity index (χ3v) is 8.89. The lowest BCUT2D eigenvalue weighted by molar-refractivity contribution is -0.139. The molecule has 0 aliphatic rings. The molecule has 44 heavy (non-hydrogen) atoms. The van der Waals surface area contributed by atoms with Crippen molar-refractivity contribution in [3.05, 3.63) is 149 Å². The predicted molar refractivity (Wildman–Crippen MR) is 185 cm³/mol. The molecule has 5 aromatic carbocycles. The number of hydrogen-bond acceptors (Lipinski definition) is 3. The minimum Gasteiger partial charge on any atom is -0.482 e. The first-order valence-corrected chi connectivity index (χ1v) is 15.9. The first-order chi connectivity index (χ1) is 21.3. The lowest BCUT2D eigenvalue weighted by Crippen LogP contribution is -2.10. The zero-order valence-electron chi connectivity index (χ0n) is 25.8. The van der Waals surface area contributed by atoms with E-state index in [1.165, 1.54) is 55.7 Å². The number of hydrogen-bond donors (Lipinski definition) is 1. The molecule has 0 spiro atoms. The molecule has 0 bridgehead atoms. The Hall–Kier alpha value is -4.54. The Kier molecular flexibility index (Phi) is 10.0. The summed E-state index contributed by atoms with van der Waals surface area (Å²) in [5, 5.41) is 8.96. The van der Waals surface area contributed by atoms with Gasteiger partial charge in [-0.25, -0.2) is 4.79 Å². The average molecular weight is 599 g/mol. The molecule has 1 N–H and O–H groups in total. The number of carboxylic acids is 1. The standard InChI is InChI=1S/C40H38O3S/c1-5-30(26-44-37-22-23-38(29(4)24-37)43-25-39(41)42)40(35-18-14-33(15-19-35)31-10-6-27(2)7-11-31)36-20-16-34(17-21-36)32-12-8-28(3)9-13-32/h6-24H,5,25-26H2,1-4H3,(H,41,42). The number of carbonyl (C=O) groups is 1. The first kappa shape index (κ1) is 30.9. The summed E-state index contributed by atoms with van der Waals surface area (Å²) in [4.78, 5) is 12.1. The van der Waals surface area contributed by atoms with Gasteiger partial charge in [0.2, 0.25) is 0 Å².